The SMILES string of the molecule is CC(C)(NC1CCCCC1c1ccccc1)C(N)=O. The van der Waals surface area contributed by atoms with Gasteiger partial charge in [-0.15, -0.1) is 0 Å². The highest BCUT2D eigenvalue weighted by molar-refractivity contribution is 5.83. The van der Waals surface area contributed by atoms with E-state index in [2.05, 4.69) is 29.6 Å². The minimum absolute atomic E-state index is 0.287. The third kappa shape index (κ3) is 3.35. The van der Waals surface area contributed by atoms with Crippen LogP contribution in [0.4, 0.5) is 0 Å². The van der Waals surface area contributed by atoms with Crippen molar-refractivity contribution >= 4 is 5.91 Å². The normalized spacial score (nSPS) is 24.1. The lowest BCUT2D eigenvalue weighted by Gasteiger charge is -2.37. The van der Waals surface area contributed by atoms with E-state index in [1.54, 1.807) is 0 Å². The molecule has 0 aromatic heterocycles. The zero-order chi connectivity index (χ0) is 13.9. The molecule has 2 rings (SSSR count). The summed E-state index contributed by atoms with van der Waals surface area (Å²) in [4.78, 5) is 11.5. The van der Waals surface area contributed by atoms with Crippen LogP contribution in [0.2, 0.25) is 0 Å². The summed E-state index contributed by atoms with van der Waals surface area (Å²) in [5.41, 5.74) is 6.19. The van der Waals surface area contributed by atoms with Gasteiger partial charge in [-0.25, -0.2) is 0 Å². The van der Waals surface area contributed by atoms with Crippen LogP contribution in [0.25, 0.3) is 0 Å². The second-order valence-corrected chi connectivity index (χ2v) is 6.04. The number of carbonyl (C=O) groups is 1. The highest BCUT2D eigenvalue weighted by atomic mass is 16.1. The summed E-state index contributed by atoms with van der Waals surface area (Å²) in [6.45, 7) is 3.73. The molecule has 2 unspecified atom stereocenters. The van der Waals surface area contributed by atoms with Gasteiger partial charge in [-0.1, -0.05) is 43.2 Å². The molecule has 1 fully saturated rings. The molecule has 1 saturated carbocycles. The van der Waals surface area contributed by atoms with Gasteiger partial charge in [0, 0.05) is 6.04 Å². The summed E-state index contributed by atoms with van der Waals surface area (Å²) < 4.78 is 0. The van der Waals surface area contributed by atoms with Crippen LogP contribution in [0.3, 0.4) is 0 Å². The van der Waals surface area contributed by atoms with Crippen LogP contribution in [0.5, 0.6) is 0 Å². The first-order valence-corrected chi connectivity index (χ1v) is 7.13. The summed E-state index contributed by atoms with van der Waals surface area (Å²) in [6.07, 6.45) is 4.76. The highest BCUT2D eigenvalue weighted by Gasteiger charge is 2.33. The molecule has 3 N–H and O–H groups in total. The predicted octanol–water partition coefficient (Wildman–Crippen LogP) is 2.57. The van der Waals surface area contributed by atoms with Crippen LogP contribution in [-0.4, -0.2) is 17.5 Å². The second-order valence-electron chi connectivity index (χ2n) is 6.04. The van der Waals surface area contributed by atoms with Crippen molar-refractivity contribution in [2.24, 2.45) is 5.73 Å². The first kappa shape index (κ1) is 14.1. The fourth-order valence-corrected chi connectivity index (χ4v) is 2.94. The molecule has 0 bridgehead atoms. The van der Waals surface area contributed by atoms with Crippen molar-refractivity contribution in [3.05, 3.63) is 35.9 Å². The van der Waals surface area contributed by atoms with Gasteiger partial charge in [-0.2, -0.15) is 0 Å². The quantitative estimate of drug-likeness (QED) is 0.874. The summed E-state index contributed by atoms with van der Waals surface area (Å²) in [7, 11) is 0. The standard InChI is InChI=1S/C16H24N2O/c1-16(2,15(17)19)18-14-11-7-6-10-13(14)12-8-4-3-5-9-12/h3-5,8-9,13-14,18H,6-7,10-11H2,1-2H3,(H2,17,19). The Labute approximate surface area is 115 Å². The van der Waals surface area contributed by atoms with E-state index >= 15 is 0 Å². The minimum atomic E-state index is -0.644. The van der Waals surface area contributed by atoms with E-state index in [1.165, 1.54) is 24.8 Å². The molecule has 1 aliphatic rings. The number of nitrogens with two attached hydrogens (primary N) is 1. The van der Waals surface area contributed by atoms with Crippen LogP contribution < -0.4 is 11.1 Å². The lowest BCUT2D eigenvalue weighted by atomic mass is 9.79. The summed E-state index contributed by atoms with van der Waals surface area (Å²) in [5.74, 6) is 0.193. The van der Waals surface area contributed by atoms with Crippen molar-refractivity contribution in [3.63, 3.8) is 0 Å². The zero-order valence-corrected chi connectivity index (χ0v) is 11.9. The molecule has 1 amide bonds. The molecule has 0 radical (unpaired) electrons. The van der Waals surface area contributed by atoms with Crippen molar-refractivity contribution in [1.29, 1.82) is 0 Å². The average Bonchev–Trinajstić information content (AvgIpc) is 2.40. The molecule has 1 aliphatic carbocycles. The maximum atomic E-state index is 11.5. The first-order chi connectivity index (χ1) is 9.00. The van der Waals surface area contributed by atoms with Crippen molar-refractivity contribution in [2.75, 3.05) is 0 Å². The molecule has 104 valence electrons. The molecule has 0 saturated heterocycles. The number of nitrogens with one attached hydrogen (secondary N) is 1. The van der Waals surface area contributed by atoms with Crippen LogP contribution in [-0.2, 0) is 4.79 Å². The monoisotopic (exact) mass is 260 g/mol. The number of hydrogen-bond donors (Lipinski definition) is 2. The van der Waals surface area contributed by atoms with E-state index in [4.69, 9.17) is 5.73 Å². The van der Waals surface area contributed by atoms with Gasteiger partial charge in [0.25, 0.3) is 0 Å². The van der Waals surface area contributed by atoms with E-state index in [0.29, 0.717) is 12.0 Å². The molecule has 1 aromatic rings. The zero-order valence-electron chi connectivity index (χ0n) is 11.9. The smallest absolute Gasteiger partial charge is 0.237 e. The van der Waals surface area contributed by atoms with E-state index in [9.17, 15) is 4.79 Å². The maximum Gasteiger partial charge on any atom is 0.237 e. The average molecular weight is 260 g/mol. The van der Waals surface area contributed by atoms with Crippen LogP contribution in [0.15, 0.2) is 30.3 Å². The van der Waals surface area contributed by atoms with Crippen molar-refractivity contribution in [2.45, 2.75) is 57.0 Å². The largest absolute Gasteiger partial charge is 0.368 e. The van der Waals surface area contributed by atoms with Crippen LogP contribution in [0.1, 0.15) is 51.0 Å². The first-order valence-electron chi connectivity index (χ1n) is 7.13. The van der Waals surface area contributed by atoms with Gasteiger partial charge in [0.05, 0.1) is 5.54 Å². The van der Waals surface area contributed by atoms with E-state index in [0.717, 1.165) is 6.42 Å². The van der Waals surface area contributed by atoms with Crippen LogP contribution >= 0.6 is 0 Å². The van der Waals surface area contributed by atoms with E-state index in [-0.39, 0.29) is 5.91 Å². The maximum absolute atomic E-state index is 11.5. The Morgan fingerprint density at radius 2 is 1.84 bits per heavy atom. The number of amides is 1. The van der Waals surface area contributed by atoms with Crippen molar-refractivity contribution in [1.82, 2.24) is 5.32 Å². The lowest BCUT2D eigenvalue weighted by Crippen LogP contribution is -2.56. The van der Waals surface area contributed by atoms with Crippen molar-refractivity contribution < 1.29 is 4.79 Å². The predicted molar refractivity (Wildman–Crippen MR) is 77.8 cm³/mol. The minimum Gasteiger partial charge on any atom is -0.368 e. The highest BCUT2D eigenvalue weighted by Crippen LogP contribution is 2.33. The summed E-state index contributed by atoms with van der Waals surface area (Å²) in [5, 5.41) is 3.47. The summed E-state index contributed by atoms with van der Waals surface area (Å²) in [6, 6.07) is 10.9. The Hall–Kier alpha value is -1.35. The fourth-order valence-electron chi connectivity index (χ4n) is 2.94. The van der Waals surface area contributed by atoms with E-state index in [1.807, 2.05) is 19.9 Å². The number of carbonyl (C=O) groups excluding carboxylic acids is 1. The lowest BCUT2D eigenvalue weighted by molar-refractivity contribution is -0.123. The van der Waals surface area contributed by atoms with Gasteiger partial charge in [0.15, 0.2) is 0 Å². The molecular weight excluding hydrogens is 236 g/mol. The Morgan fingerprint density at radius 3 is 2.47 bits per heavy atom. The van der Waals surface area contributed by atoms with Gasteiger partial charge < -0.3 is 11.1 Å². The number of hydrogen-bond acceptors (Lipinski definition) is 2. The third-order valence-electron chi connectivity index (χ3n) is 4.16. The van der Waals surface area contributed by atoms with Gasteiger partial charge in [-0.05, 0) is 38.2 Å². The Morgan fingerprint density at radius 1 is 1.21 bits per heavy atom. The van der Waals surface area contributed by atoms with Gasteiger partial charge >= 0.3 is 0 Å². The number of primary amides is 1. The molecule has 1 aromatic carbocycles. The molecule has 0 spiro atoms. The Balaban J connectivity index is 2.15. The van der Waals surface area contributed by atoms with Gasteiger partial charge in [0.2, 0.25) is 5.91 Å². The molecule has 3 nitrogen and oxygen atoms in total. The second kappa shape index (κ2) is 5.74. The summed E-state index contributed by atoms with van der Waals surface area (Å²) >= 11 is 0. The molecule has 2 atom stereocenters. The number of rotatable bonds is 4. The van der Waals surface area contributed by atoms with Gasteiger partial charge in [0.1, 0.15) is 0 Å². The molecular formula is C16H24N2O. The molecule has 19 heavy (non-hydrogen) atoms. The third-order valence-corrected chi connectivity index (χ3v) is 4.16. The van der Waals surface area contributed by atoms with E-state index < -0.39 is 5.54 Å². The molecule has 3 heteroatoms. The molecule has 0 aliphatic heterocycles. The molecule has 0 heterocycles. The van der Waals surface area contributed by atoms with Crippen LogP contribution in [0, 0.1) is 0 Å². The Bertz CT molecular complexity index is 428. The number of benzene rings is 1. The Kier molecular flexibility index (Phi) is 4.25. The fraction of sp³-hybridized carbons (Fsp3) is 0.562. The van der Waals surface area contributed by atoms with Gasteiger partial charge in [-0.3, -0.25) is 4.79 Å². The topological polar surface area (TPSA) is 55.1 Å². The van der Waals surface area contributed by atoms with Crippen molar-refractivity contribution in [3.8, 4) is 0 Å².